The Morgan fingerprint density at radius 3 is 2.42 bits per heavy atom. The Labute approximate surface area is 214 Å². The number of methoxy groups -OCH3 is 1. The van der Waals surface area contributed by atoms with Crippen LogP contribution in [0.4, 0.5) is 11.4 Å². The lowest BCUT2D eigenvalue weighted by Crippen LogP contribution is -2.18. The van der Waals surface area contributed by atoms with Crippen molar-refractivity contribution in [2.75, 3.05) is 23.4 Å². The molecule has 0 aliphatic heterocycles. The highest BCUT2D eigenvalue weighted by atomic mass is 35.5. The summed E-state index contributed by atoms with van der Waals surface area (Å²) in [5.41, 5.74) is 1.06. The van der Waals surface area contributed by atoms with E-state index in [2.05, 4.69) is 20.0 Å². The van der Waals surface area contributed by atoms with Gasteiger partial charge in [-0.1, -0.05) is 32.4 Å². The van der Waals surface area contributed by atoms with Crippen LogP contribution in [0.1, 0.15) is 47.3 Å². The van der Waals surface area contributed by atoms with Crippen LogP contribution in [-0.4, -0.2) is 43.9 Å². The van der Waals surface area contributed by atoms with E-state index in [1.165, 1.54) is 37.6 Å². The van der Waals surface area contributed by atoms with Crippen LogP contribution in [0.25, 0.3) is 0 Å². The van der Waals surface area contributed by atoms with Crippen LogP contribution in [-0.2, 0) is 15.4 Å². The van der Waals surface area contributed by atoms with Gasteiger partial charge in [0.15, 0.2) is 17.9 Å². The molecule has 0 spiro atoms. The molecule has 0 aliphatic rings. The zero-order chi connectivity index (χ0) is 26.7. The van der Waals surface area contributed by atoms with E-state index in [-0.39, 0.29) is 50.6 Å². The molecule has 1 aromatic heterocycles. The maximum Gasteiger partial charge on any atom is 0.255 e. The molecule has 0 atom stereocenters. The molecule has 0 fully saturated rings. The zero-order valence-electron chi connectivity index (χ0n) is 20.2. The van der Waals surface area contributed by atoms with Crippen molar-refractivity contribution >= 4 is 45.2 Å². The fraction of sp³-hybridized carbons (Fsp3) is 0.250. The Bertz CT molecular complexity index is 1420. The van der Waals surface area contributed by atoms with Crippen LogP contribution in [0.2, 0.25) is 5.02 Å². The van der Waals surface area contributed by atoms with Crippen LogP contribution in [0, 0.1) is 0 Å². The summed E-state index contributed by atoms with van der Waals surface area (Å²) in [6, 6.07) is 9.22. The van der Waals surface area contributed by atoms with Gasteiger partial charge in [0.1, 0.15) is 5.75 Å². The van der Waals surface area contributed by atoms with E-state index < -0.39 is 15.9 Å². The van der Waals surface area contributed by atoms with Crippen LogP contribution in [0.3, 0.4) is 0 Å². The fourth-order valence-electron chi connectivity index (χ4n) is 3.15. The van der Waals surface area contributed by atoms with Gasteiger partial charge in [-0.25, -0.2) is 13.4 Å². The van der Waals surface area contributed by atoms with Gasteiger partial charge in [-0.05, 0) is 41.3 Å². The summed E-state index contributed by atoms with van der Waals surface area (Å²) in [6.07, 6.45) is 2.86. The van der Waals surface area contributed by atoms with Gasteiger partial charge in [-0.15, -0.1) is 0 Å². The number of rotatable bonds is 8. The summed E-state index contributed by atoms with van der Waals surface area (Å²) in [5, 5.41) is 2.99. The largest absolute Gasteiger partial charge is 0.492 e. The highest BCUT2D eigenvalue weighted by Crippen LogP contribution is 2.39. The van der Waals surface area contributed by atoms with E-state index in [1.807, 2.05) is 20.8 Å². The van der Waals surface area contributed by atoms with Crippen molar-refractivity contribution in [2.24, 2.45) is 0 Å². The minimum atomic E-state index is -3.62. The summed E-state index contributed by atoms with van der Waals surface area (Å²) in [6.45, 7) is 5.86. The van der Waals surface area contributed by atoms with Gasteiger partial charge in [-0.3, -0.25) is 14.3 Å². The van der Waals surface area contributed by atoms with Crippen LogP contribution < -0.4 is 19.5 Å². The van der Waals surface area contributed by atoms with E-state index in [4.69, 9.17) is 21.1 Å². The first-order chi connectivity index (χ1) is 16.8. The van der Waals surface area contributed by atoms with Gasteiger partial charge < -0.3 is 14.8 Å². The SMILES string of the molecule is COc1c(NC(=O)c2ccc(Cl)c(Oc3ccnc(C=O)n3)c2)cc(C(C)(C)C)cc1NS(C)(=O)=O. The van der Waals surface area contributed by atoms with E-state index in [0.29, 0.717) is 6.29 Å². The molecular formula is C24H25ClN4O6S. The Morgan fingerprint density at radius 1 is 1.11 bits per heavy atom. The molecule has 3 rings (SSSR count). The Morgan fingerprint density at radius 2 is 1.81 bits per heavy atom. The van der Waals surface area contributed by atoms with Crippen molar-refractivity contribution in [3.05, 3.63) is 64.6 Å². The van der Waals surface area contributed by atoms with Crippen LogP contribution >= 0.6 is 11.6 Å². The van der Waals surface area contributed by atoms with Gasteiger partial charge in [0, 0.05) is 17.8 Å². The molecule has 0 bridgehead atoms. The quantitative estimate of drug-likeness (QED) is 0.399. The predicted molar refractivity (Wildman–Crippen MR) is 137 cm³/mol. The minimum absolute atomic E-state index is 0.0677. The fourth-order valence-corrected chi connectivity index (χ4v) is 3.86. The third-order valence-electron chi connectivity index (χ3n) is 4.86. The van der Waals surface area contributed by atoms with Gasteiger partial charge in [-0.2, -0.15) is 4.98 Å². The highest BCUT2D eigenvalue weighted by molar-refractivity contribution is 7.92. The summed E-state index contributed by atoms with van der Waals surface area (Å²) in [4.78, 5) is 31.8. The third kappa shape index (κ3) is 6.70. The number of aldehydes is 1. The number of ether oxygens (including phenoxy) is 2. The van der Waals surface area contributed by atoms with Crippen LogP contribution in [0.5, 0.6) is 17.4 Å². The van der Waals surface area contributed by atoms with Crippen LogP contribution in [0.15, 0.2) is 42.6 Å². The number of nitrogens with one attached hydrogen (secondary N) is 2. The molecule has 2 N–H and O–H groups in total. The second kappa shape index (κ2) is 10.5. The molecule has 0 saturated carbocycles. The number of benzene rings is 2. The van der Waals surface area contributed by atoms with E-state index in [1.54, 1.807) is 12.1 Å². The summed E-state index contributed by atoms with van der Waals surface area (Å²) < 4.78 is 37.4. The summed E-state index contributed by atoms with van der Waals surface area (Å²) in [7, 11) is -2.25. The number of carbonyl (C=O) groups excluding carboxylic acids is 2. The number of hydrogen-bond acceptors (Lipinski definition) is 8. The molecule has 1 amide bonds. The zero-order valence-corrected chi connectivity index (χ0v) is 21.8. The van der Waals surface area contributed by atoms with Gasteiger partial charge in [0.05, 0.1) is 29.8 Å². The molecule has 0 saturated heterocycles. The number of nitrogens with zero attached hydrogens (tertiary/aromatic N) is 2. The standard InChI is InChI=1S/C24H25ClN4O6S/c1-24(2,3)15-11-17(22(34-4)18(12-15)29-36(5,32)33)27-23(31)14-6-7-16(25)19(10-14)35-21-8-9-26-20(13-30)28-21/h6-13,29H,1-5H3,(H,27,31). The van der Waals surface area contributed by atoms with E-state index in [9.17, 15) is 18.0 Å². The topological polar surface area (TPSA) is 137 Å². The summed E-state index contributed by atoms with van der Waals surface area (Å²) in [5.74, 6) is -0.240. The molecule has 190 valence electrons. The number of halogens is 1. The van der Waals surface area contributed by atoms with Gasteiger partial charge in [0.25, 0.3) is 5.91 Å². The molecule has 36 heavy (non-hydrogen) atoms. The van der Waals surface area contributed by atoms with Gasteiger partial charge >= 0.3 is 0 Å². The molecule has 0 unspecified atom stereocenters. The first-order valence-corrected chi connectivity index (χ1v) is 12.8. The average molecular weight is 533 g/mol. The lowest BCUT2D eigenvalue weighted by molar-refractivity contribution is 0.102. The second-order valence-electron chi connectivity index (χ2n) is 8.80. The number of sulfonamides is 1. The Balaban J connectivity index is 1.98. The Hall–Kier alpha value is -3.70. The lowest BCUT2D eigenvalue weighted by atomic mass is 9.86. The highest BCUT2D eigenvalue weighted by Gasteiger charge is 2.23. The number of hydrogen-bond donors (Lipinski definition) is 2. The number of aromatic nitrogens is 2. The Kier molecular flexibility index (Phi) is 7.85. The number of amides is 1. The number of anilines is 2. The molecule has 3 aromatic rings. The summed E-state index contributed by atoms with van der Waals surface area (Å²) >= 11 is 6.23. The number of carbonyl (C=O) groups is 2. The molecule has 0 radical (unpaired) electrons. The second-order valence-corrected chi connectivity index (χ2v) is 11.0. The normalized spacial score (nSPS) is 11.5. The lowest BCUT2D eigenvalue weighted by Gasteiger charge is -2.24. The molecule has 10 nitrogen and oxygen atoms in total. The van der Waals surface area contributed by atoms with E-state index in [0.717, 1.165) is 11.8 Å². The molecular weight excluding hydrogens is 508 g/mol. The van der Waals surface area contributed by atoms with Gasteiger partial charge in [0.2, 0.25) is 15.9 Å². The maximum atomic E-state index is 13.2. The molecule has 12 heteroatoms. The van der Waals surface area contributed by atoms with E-state index >= 15 is 0 Å². The monoisotopic (exact) mass is 532 g/mol. The maximum absolute atomic E-state index is 13.2. The van der Waals surface area contributed by atoms with Crippen molar-refractivity contribution in [3.8, 4) is 17.4 Å². The first-order valence-electron chi connectivity index (χ1n) is 10.6. The van der Waals surface area contributed by atoms with Crippen molar-refractivity contribution in [1.29, 1.82) is 0 Å². The van der Waals surface area contributed by atoms with Crippen molar-refractivity contribution in [2.45, 2.75) is 26.2 Å². The average Bonchev–Trinajstić information content (AvgIpc) is 2.78. The minimum Gasteiger partial charge on any atom is -0.492 e. The van der Waals surface area contributed by atoms with Crippen molar-refractivity contribution < 1.29 is 27.5 Å². The molecule has 0 aliphatic carbocycles. The van der Waals surface area contributed by atoms with Crippen molar-refractivity contribution in [3.63, 3.8) is 0 Å². The third-order valence-corrected chi connectivity index (χ3v) is 5.77. The smallest absolute Gasteiger partial charge is 0.255 e. The predicted octanol–water partition coefficient (Wildman–Crippen LogP) is 4.66. The first kappa shape index (κ1) is 26.9. The molecule has 1 heterocycles. The molecule has 2 aromatic carbocycles. The van der Waals surface area contributed by atoms with Crippen molar-refractivity contribution in [1.82, 2.24) is 9.97 Å².